The largest absolute Gasteiger partial charge is 2.00 e. The minimum atomic E-state index is -0.935. The number of carbonyl (C=O) groups is 3. The molecule has 0 unspecified atom stereocenters. The van der Waals surface area contributed by atoms with Crippen molar-refractivity contribution in [3.63, 3.8) is 0 Å². The smallest absolute Gasteiger partial charge is 0.550 e. The molecule has 0 saturated heterocycles. The number of rotatable bonds is 29. The standard InChI is InChI=1S/2C18H32O2.C4H6O2.Zn/c2*1-2-3-4-5-6-7-8-9-10-11-12-13-14-15-16-17-18(19)20;1-3(2)4(5)6;/h2*6-7,9-10H,2-5,8,11-17H2,1H3,(H,19,20);1H2,2H3,(H,5,6);/q;;;+2/p-2/b2*7-6-,10-9-;;. The summed E-state index contributed by atoms with van der Waals surface area (Å²) in [7, 11) is 0. The van der Waals surface area contributed by atoms with Crippen LogP contribution in [0.1, 0.15) is 175 Å². The van der Waals surface area contributed by atoms with Gasteiger partial charge in [-0.3, -0.25) is 0 Å². The Bertz CT molecular complexity index is 761. The molecule has 47 heavy (non-hydrogen) atoms. The van der Waals surface area contributed by atoms with E-state index < -0.39 is 17.9 Å². The van der Waals surface area contributed by atoms with Crippen molar-refractivity contribution in [1.29, 1.82) is 0 Å². The fourth-order valence-corrected chi connectivity index (χ4v) is 4.16. The Kier molecular flexibility index (Phi) is 50.3. The van der Waals surface area contributed by atoms with Gasteiger partial charge in [0.25, 0.3) is 0 Å². The summed E-state index contributed by atoms with van der Waals surface area (Å²) in [5, 5.41) is 28.3. The molecule has 0 rings (SSSR count). The number of carboxylic acids is 3. The van der Waals surface area contributed by atoms with E-state index in [1.807, 2.05) is 0 Å². The van der Waals surface area contributed by atoms with Crippen molar-refractivity contribution < 1.29 is 49.2 Å². The topological polar surface area (TPSA) is 118 Å². The van der Waals surface area contributed by atoms with E-state index in [0.29, 0.717) is 0 Å². The van der Waals surface area contributed by atoms with E-state index >= 15 is 0 Å². The molecule has 0 aromatic carbocycles. The van der Waals surface area contributed by atoms with Crippen LogP contribution >= 0.6 is 0 Å². The zero-order valence-electron chi connectivity index (χ0n) is 30.5. The molecule has 0 aromatic heterocycles. The van der Waals surface area contributed by atoms with E-state index in [9.17, 15) is 24.6 Å². The molecule has 0 heterocycles. The predicted molar refractivity (Wildman–Crippen MR) is 191 cm³/mol. The molecule has 0 aliphatic rings. The predicted octanol–water partition coefficient (Wildman–Crippen LogP) is 9.74. The van der Waals surface area contributed by atoms with Crippen LogP contribution in [0.2, 0.25) is 0 Å². The third-order valence-corrected chi connectivity index (χ3v) is 7.03. The summed E-state index contributed by atoms with van der Waals surface area (Å²) in [6.07, 6.45) is 43.9. The van der Waals surface area contributed by atoms with Crippen LogP contribution in [0.5, 0.6) is 0 Å². The van der Waals surface area contributed by atoms with Crippen molar-refractivity contribution in [1.82, 2.24) is 0 Å². The Hall–Kier alpha value is -2.27. The summed E-state index contributed by atoms with van der Waals surface area (Å²) in [5.74, 6) is -2.78. The number of aliphatic carboxylic acids is 3. The van der Waals surface area contributed by atoms with Crippen LogP contribution in [-0.2, 0) is 33.9 Å². The summed E-state index contributed by atoms with van der Waals surface area (Å²) in [5.41, 5.74) is 0.176. The Balaban J connectivity index is -0.000000329. The van der Waals surface area contributed by atoms with Crippen LogP contribution < -0.4 is 10.2 Å². The molecule has 0 spiro atoms. The molecule has 6 nitrogen and oxygen atoms in total. The third-order valence-electron chi connectivity index (χ3n) is 7.03. The van der Waals surface area contributed by atoms with Crippen molar-refractivity contribution in [2.75, 3.05) is 0 Å². The Labute approximate surface area is 301 Å². The van der Waals surface area contributed by atoms with E-state index in [2.05, 4.69) is 69.0 Å². The second-order valence-corrected chi connectivity index (χ2v) is 11.8. The second-order valence-electron chi connectivity index (χ2n) is 11.8. The van der Waals surface area contributed by atoms with Crippen molar-refractivity contribution in [2.24, 2.45) is 0 Å². The molecule has 0 fully saturated rings. The average molecular weight is 710 g/mol. The molecule has 0 aliphatic carbocycles. The molecule has 0 radical (unpaired) electrons. The van der Waals surface area contributed by atoms with Gasteiger partial charge in [0.05, 0.1) is 0 Å². The first-order valence-electron chi connectivity index (χ1n) is 18.1. The maximum Gasteiger partial charge on any atom is 2.00 e. The van der Waals surface area contributed by atoms with Crippen molar-refractivity contribution in [2.45, 2.75) is 175 Å². The van der Waals surface area contributed by atoms with Crippen LogP contribution in [0.4, 0.5) is 0 Å². The van der Waals surface area contributed by atoms with Gasteiger partial charge in [0, 0.05) is 17.5 Å². The summed E-state index contributed by atoms with van der Waals surface area (Å²) < 4.78 is 0. The first kappa shape index (κ1) is 51.6. The second kappa shape index (κ2) is 45.9. The minimum Gasteiger partial charge on any atom is -0.550 e. The first-order valence-corrected chi connectivity index (χ1v) is 18.1. The fourth-order valence-electron chi connectivity index (χ4n) is 4.16. The van der Waals surface area contributed by atoms with Gasteiger partial charge in [0.15, 0.2) is 0 Å². The zero-order valence-corrected chi connectivity index (χ0v) is 33.5. The van der Waals surface area contributed by atoms with Gasteiger partial charge in [-0.15, -0.1) is 0 Å². The van der Waals surface area contributed by atoms with Gasteiger partial charge >= 0.3 is 25.4 Å². The molecule has 0 aromatic rings. The van der Waals surface area contributed by atoms with E-state index in [4.69, 9.17) is 5.11 Å². The maximum absolute atomic E-state index is 10.2. The SMILES string of the molecule is C=C(C)C(=O)O.CCCCC/C=C\C/C=C\CCCCCCCC(=O)[O-].CCCCC/C=C\C/C=C\CCCCCCCC(=O)[O-].[Zn+2]. The normalized spacial score (nSPS) is 10.9. The quantitative estimate of drug-likeness (QED) is 0.0358. The van der Waals surface area contributed by atoms with Crippen molar-refractivity contribution in [3.05, 3.63) is 60.8 Å². The monoisotopic (exact) mass is 708 g/mol. The molecule has 266 valence electrons. The molecule has 0 saturated carbocycles. The van der Waals surface area contributed by atoms with E-state index in [1.165, 1.54) is 84.0 Å². The third kappa shape index (κ3) is 59.7. The Morgan fingerprint density at radius 2 is 0.766 bits per heavy atom. The molecule has 0 atom stereocenters. The van der Waals surface area contributed by atoms with Crippen LogP contribution in [0, 0.1) is 0 Å². The Morgan fingerprint density at radius 3 is 1.02 bits per heavy atom. The van der Waals surface area contributed by atoms with Gasteiger partial charge in [-0.1, -0.05) is 133 Å². The molecule has 1 N–H and O–H groups in total. The average Bonchev–Trinajstić information content (AvgIpc) is 3.01. The number of unbranched alkanes of at least 4 members (excludes halogenated alkanes) is 16. The zero-order chi connectivity index (χ0) is 34.9. The van der Waals surface area contributed by atoms with Crippen molar-refractivity contribution in [3.8, 4) is 0 Å². The van der Waals surface area contributed by atoms with E-state index in [1.54, 1.807) is 0 Å². The van der Waals surface area contributed by atoms with Gasteiger partial charge in [-0.05, 0) is 96.8 Å². The van der Waals surface area contributed by atoms with Gasteiger partial charge in [-0.2, -0.15) is 0 Å². The summed E-state index contributed by atoms with van der Waals surface area (Å²) in [4.78, 5) is 30.0. The van der Waals surface area contributed by atoms with Gasteiger partial charge in [-0.25, -0.2) is 4.79 Å². The van der Waals surface area contributed by atoms with E-state index in [-0.39, 0.29) is 37.9 Å². The number of carboxylic acid groups (broad SMARTS) is 3. The number of hydrogen-bond acceptors (Lipinski definition) is 5. The molecule has 0 aliphatic heterocycles. The fraction of sp³-hybridized carbons (Fsp3) is 0.675. The van der Waals surface area contributed by atoms with Gasteiger partial charge < -0.3 is 24.9 Å². The Morgan fingerprint density at radius 1 is 0.511 bits per heavy atom. The molecule has 0 amide bonds. The van der Waals surface area contributed by atoms with Crippen LogP contribution in [0.25, 0.3) is 0 Å². The van der Waals surface area contributed by atoms with Crippen LogP contribution in [0.3, 0.4) is 0 Å². The van der Waals surface area contributed by atoms with E-state index in [0.717, 1.165) is 64.2 Å². The molecular weight excluding hydrogens is 642 g/mol. The van der Waals surface area contributed by atoms with Gasteiger partial charge in [0.2, 0.25) is 0 Å². The molecular formula is C40H68O6Zn. The first-order chi connectivity index (χ1) is 22.2. The van der Waals surface area contributed by atoms with Crippen LogP contribution in [-0.4, -0.2) is 23.0 Å². The van der Waals surface area contributed by atoms with Gasteiger partial charge in [0.1, 0.15) is 0 Å². The minimum absolute atomic E-state index is 0. The number of hydrogen-bond donors (Lipinski definition) is 1. The number of allylic oxidation sites excluding steroid dienone is 8. The molecule has 7 heteroatoms. The maximum atomic E-state index is 10.2. The molecule has 0 bridgehead atoms. The number of carbonyl (C=O) groups excluding carboxylic acids is 2. The van der Waals surface area contributed by atoms with Crippen LogP contribution in [0.15, 0.2) is 60.8 Å². The summed E-state index contributed by atoms with van der Waals surface area (Å²) in [6, 6.07) is 0. The summed E-state index contributed by atoms with van der Waals surface area (Å²) in [6.45, 7) is 9.07. The van der Waals surface area contributed by atoms with Crippen molar-refractivity contribution >= 4 is 17.9 Å². The summed E-state index contributed by atoms with van der Waals surface area (Å²) >= 11 is 0.